The van der Waals surface area contributed by atoms with E-state index in [1.54, 1.807) is 79.9 Å². The number of aliphatic carboxylic acids is 1. The van der Waals surface area contributed by atoms with E-state index in [4.69, 9.17) is 4.74 Å². The van der Waals surface area contributed by atoms with Gasteiger partial charge in [-0.1, -0.05) is 60.7 Å². The minimum Gasteiger partial charge on any atom is -0.497 e. The molecular weight excluding hydrogens is 511 g/mol. The van der Waals surface area contributed by atoms with E-state index in [1.807, 2.05) is 12.1 Å². The maximum absolute atomic E-state index is 13.9. The third-order valence-electron chi connectivity index (χ3n) is 6.38. The summed E-state index contributed by atoms with van der Waals surface area (Å²) in [4.78, 5) is 39.9. The van der Waals surface area contributed by atoms with Gasteiger partial charge >= 0.3 is 5.97 Å². The van der Waals surface area contributed by atoms with Crippen molar-refractivity contribution >= 4 is 17.8 Å². The Kier molecular flexibility index (Phi) is 9.25. The quantitative estimate of drug-likeness (QED) is 0.260. The molecule has 0 atom stereocenters. The minimum absolute atomic E-state index is 0.00426. The summed E-state index contributed by atoms with van der Waals surface area (Å²) in [7, 11) is 1.56. The monoisotopic (exact) mass is 540 g/mol. The van der Waals surface area contributed by atoms with Crippen LogP contribution in [0.15, 0.2) is 97.1 Å². The van der Waals surface area contributed by atoms with Crippen LogP contribution in [0.25, 0.3) is 11.1 Å². The first-order valence-electron chi connectivity index (χ1n) is 12.7. The molecule has 0 aliphatic carbocycles. The van der Waals surface area contributed by atoms with E-state index >= 15 is 0 Å². The lowest BCUT2D eigenvalue weighted by atomic mass is 9.94. The molecule has 40 heavy (non-hydrogen) atoms. The molecule has 0 saturated heterocycles. The molecule has 0 radical (unpaired) electrons. The molecule has 4 aromatic rings. The number of carboxylic acid groups (broad SMARTS) is 1. The largest absolute Gasteiger partial charge is 0.497 e. The van der Waals surface area contributed by atoms with Crippen molar-refractivity contribution in [2.45, 2.75) is 19.5 Å². The van der Waals surface area contributed by atoms with Crippen molar-refractivity contribution in [2.75, 3.05) is 13.7 Å². The highest BCUT2D eigenvalue weighted by atomic mass is 19.1. The van der Waals surface area contributed by atoms with Crippen molar-refractivity contribution in [3.63, 3.8) is 0 Å². The van der Waals surface area contributed by atoms with Gasteiger partial charge in [-0.25, -0.2) is 4.39 Å². The highest BCUT2D eigenvalue weighted by Gasteiger charge is 2.23. The molecule has 8 heteroatoms. The van der Waals surface area contributed by atoms with E-state index in [0.29, 0.717) is 33.6 Å². The van der Waals surface area contributed by atoms with Crippen LogP contribution in [0.1, 0.15) is 38.3 Å². The van der Waals surface area contributed by atoms with E-state index in [9.17, 15) is 23.9 Å². The summed E-state index contributed by atoms with van der Waals surface area (Å²) >= 11 is 0. The van der Waals surface area contributed by atoms with E-state index in [2.05, 4.69) is 5.32 Å². The maximum atomic E-state index is 13.9. The summed E-state index contributed by atoms with van der Waals surface area (Å²) < 4.78 is 18.8. The number of benzene rings is 4. The average molecular weight is 541 g/mol. The Balaban J connectivity index is 1.63. The Morgan fingerprint density at radius 3 is 2.12 bits per heavy atom. The molecule has 0 spiro atoms. The first-order chi connectivity index (χ1) is 19.4. The standard InChI is InChI=1S/C32H29FN2O5/c1-40-25-15-13-22(14-16-25)21-35(18-17-30(36)37)32(39)29-12-5-3-10-27(29)26-9-2-4-11-28(26)31(38)34-20-23-7-6-8-24(33)19-23/h2-16,19H,17-18,20-21H2,1H3,(H,34,38)(H,36,37). The molecule has 2 N–H and O–H groups in total. The van der Waals surface area contributed by atoms with Crippen LogP contribution >= 0.6 is 0 Å². The number of nitrogens with one attached hydrogen (secondary N) is 1. The molecule has 4 rings (SSSR count). The zero-order valence-corrected chi connectivity index (χ0v) is 22.0. The predicted octanol–water partition coefficient (Wildman–Crippen LogP) is 5.55. The third-order valence-corrected chi connectivity index (χ3v) is 6.38. The zero-order chi connectivity index (χ0) is 28.5. The number of nitrogens with zero attached hydrogens (tertiary/aromatic N) is 1. The Morgan fingerprint density at radius 1 is 0.825 bits per heavy atom. The number of carbonyl (C=O) groups excluding carboxylic acids is 2. The lowest BCUT2D eigenvalue weighted by Gasteiger charge is -2.24. The fourth-order valence-corrected chi connectivity index (χ4v) is 4.35. The predicted molar refractivity (Wildman–Crippen MR) is 149 cm³/mol. The van der Waals surface area contributed by atoms with Crippen LogP contribution in [0.2, 0.25) is 0 Å². The van der Waals surface area contributed by atoms with E-state index < -0.39 is 5.97 Å². The molecular formula is C32H29FN2O5. The molecule has 0 aromatic heterocycles. The fourth-order valence-electron chi connectivity index (χ4n) is 4.35. The number of halogens is 1. The van der Waals surface area contributed by atoms with Crippen LogP contribution in [0.4, 0.5) is 4.39 Å². The van der Waals surface area contributed by atoms with Crippen LogP contribution < -0.4 is 10.1 Å². The molecule has 0 bridgehead atoms. The summed E-state index contributed by atoms with van der Waals surface area (Å²) in [6.45, 7) is 0.334. The number of methoxy groups -OCH3 is 1. The van der Waals surface area contributed by atoms with Gasteiger partial charge in [-0.05, 0) is 58.7 Å². The molecule has 4 aromatic carbocycles. The summed E-state index contributed by atoms with van der Waals surface area (Å²) in [6, 6.07) is 27.1. The SMILES string of the molecule is COc1ccc(CN(CCC(=O)O)C(=O)c2ccccc2-c2ccccc2C(=O)NCc2cccc(F)c2)cc1. The van der Waals surface area contributed by atoms with Gasteiger partial charge in [-0.2, -0.15) is 0 Å². The number of carboxylic acids is 1. The topological polar surface area (TPSA) is 95.9 Å². The second-order valence-electron chi connectivity index (χ2n) is 9.12. The van der Waals surface area contributed by atoms with Crippen LogP contribution in [0.3, 0.4) is 0 Å². The van der Waals surface area contributed by atoms with Gasteiger partial charge in [0.1, 0.15) is 11.6 Å². The highest BCUT2D eigenvalue weighted by molar-refractivity contribution is 6.06. The normalized spacial score (nSPS) is 10.6. The Labute approximate surface area is 231 Å². The first kappa shape index (κ1) is 28.0. The summed E-state index contributed by atoms with van der Waals surface area (Å²) in [5.41, 5.74) is 3.21. The molecule has 0 aliphatic rings. The second kappa shape index (κ2) is 13.2. The molecule has 7 nitrogen and oxygen atoms in total. The van der Waals surface area contributed by atoms with Crippen LogP contribution in [-0.4, -0.2) is 41.4 Å². The van der Waals surface area contributed by atoms with Gasteiger partial charge in [-0.15, -0.1) is 0 Å². The number of amides is 2. The molecule has 0 aliphatic heterocycles. The number of ether oxygens (including phenoxy) is 1. The van der Waals surface area contributed by atoms with Gasteiger partial charge < -0.3 is 20.1 Å². The zero-order valence-electron chi connectivity index (χ0n) is 22.0. The molecule has 204 valence electrons. The van der Waals surface area contributed by atoms with Gasteiger partial charge in [0, 0.05) is 30.8 Å². The molecule has 0 heterocycles. The Bertz CT molecular complexity index is 1500. The molecule has 0 unspecified atom stereocenters. The van der Waals surface area contributed by atoms with Gasteiger partial charge in [-0.3, -0.25) is 14.4 Å². The van der Waals surface area contributed by atoms with Gasteiger partial charge in [0.15, 0.2) is 0 Å². The van der Waals surface area contributed by atoms with Crippen molar-refractivity contribution in [3.8, 4) is 16.9 Å². The third kappa shape index (κ3) is 7.11. The average Bonchev–Trinajstić information content (AvgIpc) is 2.98. The Hall–Kier alpha value is -4.98. The van der Waals surface area contributed by atoms with Crippen molar-refractivity contribution in [3.05, 3.63) is 125 Å². The van der Waals surface area contributed by atoms with Crippen LogP contribution in [0.5, 0.6) is 5.75 Å². The smallest absolute Gasteiger partial charge is 0.305 e. The van der Waals surface area contributed by atoms with Crippen molar-refractivity contribution in [1.29, 1.82) is 0 Å². The van der Waals surface area contributed by atoms with E-state index in [1.165, 1.54) is 17.0 Å². The van der Waals surface area contributed by atoms with Crippen LogP contribution in [0, 0.1) is 5.82 Å². The van der Waals surface area contributed by atoms with Gasteiger partial charge in [0.25, 0.3) is 11.8 Å². The lowest BCUT2D eigenvalue weighted by molar-refractivity contribution is -0.137. The highest BCUT2D eigenvalue weighted by Crippen LogP contribution is 2.29. The summed E-state index contributed by atoms with van der Waals surface area (Å²) in [6.07, 6.45) is -0.219. The fraction of sp³-hybridized carbons (Fsp3) is 0.156. The van der Waals surface area contributed by atoms with E-state index in [0.717, 1.165) is 5.56 Å². The summed E-state index contributed by atoms with van der Waals surface area (Å²) in [5, 5.41) is 12.1. The van der Waals surface area contributed by atoms with Crippen molar-refractivity contribution < 1.29 is 28.6 Å². The molecule has 0 fully saturated rings. The summed E-state index contributed by atoms with van der Waals surface area (Å²) in [5.74, 6) is -1.46. The van der Waals surface area contributed by atoms with E-state index in [-0.39, 0.29) is 43.7 Å². The number of rotatable bonds is 11. The van der Waals surface area contributed by atoms with Gasteiger partial charge in [0.05, 0.1) is 13.5 Å². The van der Waals surface area contributed by atoms with Crippen molar-refractivity contribution in [1.82, 2.24) is 10.2 Å². The van der Waals surface area contributed by atoms with Gasteiger partial charge in [0.2, 0.25) is 0 Å². The maximum Gasteiger partial charge on any atom is 0.305 e. The van der Waals surface area contributed by atoms with Crippen LogP contribution in [-0.2, 0) is 17.9 Å². The first-order valence-corrected chi connectivity index (χ1v) is 12.7. The lowest BCUT2D eigenvalue weighted by Crippen LogP contribution is -2.33. The van der Waals surface area contributed by atoms with Crippen molar-refractivity contribution in [2.24, 2.45) is 0 Å². The molecule has 2 amide bonds. The number of hydrogen-bond donors (Lipinski definition) is 2. The molecule has 0 saturated carbocycles. The number of carbonyl (C=O) groups is 3. The minimum atomic E-state index is -1.01. The second-order valence-corrected chi connectivity index (χ2v) is 9.12. The Morgan fingerprint density at radius 2 is 1.48 bits per heavy atom. The number of hydrogen-bond acceptors (Lipinski definition) is 4.